The van der Waals surface area contributed by atoms with Crippen molar-refractivity contribution < 1.29 is 36.2 Å². The fourth-order valence-electron chi connectivity index (χ4n) is 3.65. The Morgan fingerprint density at radius 3 is 1.71 bits per heavy atom. The summed E-state index contributed by atoms with van der Waals surface area (Å²) < 4.78 is 77.9. The average molecular weight is 510 g/mol. The molecule has 2 aromatic rings. The van der Waals surface area contributed by atoms with Gasteiger partial charge in [0, 0.05) is 35.8 Å². The molecule has 0 atom stereocenters. The maximum absolute atomic E-state index is 13.5. The molecule has 0 bridgehead atoms. The first-order chi connectivity index (χ1) is 14.3. The molecule has 0 unspecified atom stereocenters. The van der Waals surface area contributed by atoms with Gasteiger partial charge in [-0.2, -0.15) is 0 Å². The molecule has 31 heavy (non-hydrogen) atoms. The van der Waals surface area contributed by atoms with Gasteiger partial charge in [-0.15, -0.1) is 0 Å². The van der Waals surface area contributed by atoms with Crippen LogP contribution in [-0.4, -0.2) is 23.0 Å². The van der Waals surface area contributed by atoms with E-state index in [1.165, 1.54) is 18.2 Å². The molecular weight excluding hydrogens is 492 g/mol. The lowest BCUT2D eigenvalue weighted by molar-refractivity contribution is -0.0879. The van der Waals surface area contributed by atoms with Crippen LogP contribution in [0.1, 0.15) is 48.6 Å². The number of carbonyl (C=O) groups is 1. The Morgan fingerprint density at radius 1 is 0.871 bits per heavy atom. The summed E-state index contributed by atoms with van der Waals surface area (Å²) in [5.74, 6) is -7.15. The predicted molar refractivity (Wildman–Crippen MR) is 106 cm³/mol. The van der Waals surface area contributed by atoms with Crippen molar-refractivity contribution in [3.63, 3.8) is 0 Å². The molecule has 0 heterocycles. The smallest absolute Gasteiger partial charge is 0.409 e. The molecule has 3 nitrogen and oxygen atoms in total. The van der Waals surface area contributed by atoms with Crippen LogP contribution in [0.2, 0.25) is 0 Å². The molecule has 2 aromatic carbocycles. The zero-order valence-electron chi connectivity index (χ0n) is 15.9. The summed E-state index contributed by atoms with van der Waals surface area (Å²) in [6.45, 7) is 0. The topological polar surface area (TPSA) is 49.3 Å². The Kier molecular flexibility index (Phi) is 6.59. The van der Waals surface area contributed by atoms with Crippen LogP contribution in [0.15, 0.2) is 40.9 Å². The van der Waals surface area contributed by atoms with Crippen LogP contribution in [0.4, 0.5) is 36.8 Å². The van der Waals surface area contributed by atoms with Crippen molar-refractivity contribution in [2.75, 3.05) is 5.32 Å². The Hall–Kier alpha value is -2.23. The number of alkyl halides is 4. The molecule has 0 aromatic heterocycles. The quantitative estimate of drug-likeness (QED) is 0.420. The summed E-state index contributed by atoms with van der Waals surface area (Å²) in [5.41, 5.74) is 0.704. The lowest BCUT2D eigenvalue weighted by atomic mass is 9.76. The van der Waals surface area contributed by atoms with Crippen LogP contribution < -0.4 is 5.32 Å². The minimum absolute atomic E-state index is 0.0878. The Balaban J connectivity index is 0.000000179. The molecule has 2 aliphatic carbocycles. The maximum Gasteiger partial charge on any atom is 0.409 e. The fourth-order valence-corrected chi connectivity index (χ4v) is 3.99. The number of rotatable bonds is 3. The predicted octanol–water partition coefficient (Wildman–Crippen LogP) is 7.53. The summed E-state index contributed by atoms with van der Waals surface area (Å²) >= 11 is 3.12. The standard InChI is InChI=1S/C11H10F3NO2.C10H8BrF3/c12-9-3-7(15-10(16)17)1-2-8(9)6-4-11(13,14)5-6;11-7-1-2-8(9(12)3-7)6-4-10(13,14)5-6/h1-3,6,15H,4-5H2,(H,16,17);1-3,6H,4-5H2. The number of hydrogen-bond acceptors (Lipinski definition) is 1. The minimum Gasteiger partial charge on any atom is -0.465 e. The second kappa shape index (κ2) is 8.72. The first-order valence-corrected chi connectivity index (χ1v) is 10.1. The van der Waals surface area contributed by atoms with Gasteiger partial charge in [0.2, 0.25) is 11.8 Å². The first-order valence-electron chi connectivity index (χ1n) is 9.35. The van der Waals surface area contributed by atoms with Crippen molar-refractivity contribution in [2.24, 2.45) is 0 Å². The Labute approximate surface area is 182 Å². The first kappa shape index (κ1) is 23.4. The summed E-state index contributed by atoms with van der Waals surface area (Å²) in [6, 6.07) is 8.27. The molecule has 2 aliphatic rings. The zero-order valence-corrected chi connectivity index (χ0v) is 17.5. The second-order valence-electron chi connectivity index (χ2n) is 7.75. The van der Waals surface area contributed by atoms with Gasteiger partial charge in [0.25, 0.3) is 0 Å². The van der Waals surface area contributed by atoms with E-state index in [0.29, 0.717) is 10.0 Å². The van der Waals surface area contributed by atoms with Gasteiger partial charge in [0.05, 0.1) is 0 Å². The van der Waals surface area contributed by atoms with Gasteiger partial charge in [-0.25, -0.2) is 31.1 Å². The molecule has 2 N–H and O–H groups in total. The molecule has 0 aliphatic heterocycles. The van der Waals surface area contributed by atoms with E-state index < -0.39 is 35.5 Å². The molecule has 0 spiro atoms. The fraction of sp³-hybridized carbons (Fsp3) is 0.381. The van der Waals surface area contributed by atoms with E-state index in [1.807, 2.05) is 5.32 Å². The van der Waals surface area contributed by atoms with Crippen LogP contribution in [-0.2, 0) is 0 Å². The monoisotopic (exact) mass is 509 g/mol. The minimum atomic E-state index is -2.70. The molecular formula is C21H18BrF6NO2. The highest BCUT2D eigenvalue weighted by atomic mass is 79.9. The largest absolute Gasteiger partial charge is 0.465 e. The number of carboxylic acid groups (broad SMARTS) is 1. The third kappa shape index (κ3) is 5.93. The highest BCUT2D eigenvalue weighted by molar-refractivity contribution is 9.10. The highest BCUT2D eigenvalue weighted by Gasteiger charge is 2.47. The molecule has 2 fully saturated rings. The van der Waals surface area contributed by atoms with E-state index in [-0.39, 0.29) is 42.9 Å². The van der Waals surface area contributed by atoms with E-state index in [4.69, 9.17) is 5.11 Å². The third-order valence-corrected chi connectivity index (χ3v) is 5.77. The molecule has 168 valence electrons. The van der Waals surface area contributed by atoms with Gasteiger partial charge >= 0.3 is 6.09 Å². The number of amides is 1. The van der Waals surface area contributed by atoms with Crippen molar-refractivity contribution in [1.82, 2.24) is 0 Å². The lowest BCUT2D eigenvalue weighted by Gasteiger charge is -2.35. The molecule has 2 saturated carbocycles. The number of nitrogens with one attached hydrogen (secondary N) is 1. The highest BCUT2D eigenvalue weighted by Crippen LogP contribution is 2.49. The van der Waals surface area contributed by atoms with Crippen LogP contribution in [0.25, 0.3) is 0 Å². The van der Waals surface area contributed by atoms with E-state index in [2.05, 4.69) is 15.9 Å². The van der Waals surface area contributed by atoms with Crippen molar-refractivity contribution in [3.05, 3.63) is 63.6 Å². The van der Waals surface area contributed by atoms with Crippen LogP contribution in [0, 0.1) is 11.6 Å². The number of halogens is 7. The number of hydrogen-bond donors (Lipinski definition) is 2. The molecule has 0 radical (unpaired) electrons. The number of anilines is 1. The van der Waals surface area contributed by atoms with E-state index in [9.17, 15) is 31.1 Å². The molecule has 4 rings (SSSR count). The van der Waals surface area contributed by atoms with Gasteiger partial charge in [0.1, 0.15) is 11.6 Å². The van der Waals surface area contributed by atoms with E-state index in [0.717, 1.165) is 6.07 Å². The van der Waals surface area contributed by atoms with Gasteiger partial charge in [-0.3, -0.25) is 5.32 Å². The number of benzene rings is 2. The summed E-state index contributed by atoms with van der Waals surface area (Å²) in [7, 11) is 0. The lowest BCUT2D eigenvalue weighted by Crippen LogP contribution is -2.34. The molecule has 1 amide bonds. The molecule has 0 saturated heterocycles. The summed E-state index contributed by atoms with van der Waals surface area (Å²) in [4.78, 5) is 10.3. The summed E-state index contributed by atoms with van der Waals surface area (Å²) in [6.07, 6.45) is -2.46. The second-order valence-corrected chi connectivity index (χ2v) is 8.67. The van der Waals surface area contributed by atoms with E-state index >= 15 is 0 Å². The van der Waals surface area contributed by atoms with Crippen LogP contribution >= 0.6 is 15.9 Å². The van der Waals surface area contributed by atoms with Crippen molar-refractivity contribution in [2.45, 2.75) is 49.4 Å². The molecule has 10 heteroatoms. The normalized spacial score (nSPS) is 19.5. The van der Waals surface area contributed by atoms with Crippen LogP contribution in [0.3, 0.4) is 0 Å². The van der Waals surface area contributed by atoms with E-state index in [1.54, 1.807) is 12.1 Å². The zero-order chi connectivity index (χ0) is 23.0. The van der Waals surface area contributed by atoms with Crippen LogP contribution in [0.5, 0.6) is 0 Å². The Bertz CT molecular complexity index is 968. The Morgan fingerprint density at radius 2 is 1.32 bits per heavy atom. The summed E-state index contributed by atoms with van der Waals surface area (Å²) in [5, 5.41) is 10.4. The van der Waals surface area contributed by atoms with Crippen molar-refractivity contribution in [1.29, 1.82) is 0 Å². The maximum atomic E-state index is 13.5. The third-order valence-electron chi connectivity index (χ3n) is 5.27. The van der Waals surface area contributed by atoms with Crippen molar-refractivity contribution in [3.8, 4) is 0 Å². The van der Waals surface area contributed by atoms with Gasteiger partial charge in [0.15, 0.2) is 0 Å². The van der Waals surface area contributed by atoms with Gasteiger partial charge in [-0.05, 0) is 47.2 Å². The van der Waals surface area contributed by atoms with Gasteiger partial charge < -0.3 is 5.11 Å². The average Bonchev–Trinajstić information content (AvgIpc) is 2.58. The SMILES string of the molecule is Fc1cc(Br)ccc1C1CC(F)(F)C1.O=C(O)Nc1ccc(C2CC(F)(F)C2)c(F)c1. The van der Waals surface area contributed by atoms with Crippen molar-refractivity contribution >= 4 is 27.7 Å². The van der Waals surface area contributed by atoms with Gasteiger partial charge in [-0.1, -0.05) is 28.1 Å².